The zero-order valence-electron chi connectivity index (χ0n) is 16.7. The Labute approximate surface area is 187 Å². The summed E-state index contributed by atoms with van der Waals surface area (Å²) in [5, 5.41) is 0. The zero-order chi connectivity index (χ0) is 21.3. The van der Waals surface area contributed by atoms with Gasteiger partial charge in [-0.25, -0.2) is 8.42 Å². The molecule has 0 radical (unpaired) electrons. The molecule has 0 spiro atoms. The van der Waals surface area contributed by atoms with Crippen LogP contribution in [0.5, 0.6) is 0 Å². The number of thiocarbonyl (C=S) groups is 1. The number of hydrogen-bond donors (Lipinski definition) is 0. The second-order valence-electron chi connectivity index (χ2n) is 8.01. The molecule has 0 bridgehead atoms. The van der Waals surface area contributed by atoms with Gasteiger partial charge in [-0.2, -0.15) is 0 Å². The Balaban J connectivity index is 1.65. The number of nitrogens with zero attached hydrogens (tertiary/aromatic N) is 2. The van der Waals surface area contributed by atoms with Gasteiger partial charge >= 0.3 is 0 Å². The van der Waals surface area contributed by atoms with Crippen molar-refractivity contribution in [3.8, 4) is 0 Å². The number of anilines is 1. The smallest absolute Gasteiger partial charge is 0.268 e. The number of thioether (sulfide) groups is 1. The highest BCUT2D eigenvalue weighted by Crippen LogP contribution is 2.43. The molecule has 9 heteroatoms. The molecule has 2 aliphatic heterocycles. The fraction of sp³-hybridized carbons (Fsp3) is 0.524. The van der Waals surface area contributed by atoms with Crippen LogP contribution in [-0.4, -0.2) is 46.4 Å². The molecule has 1 aliphatic carbocycles. The lowest BCUT2D eigenvalue weighted by Gasteiger charge is -2.35. The standard InChI is InChI=1S/C21H26N2O4S3/c24-20-19(29-21(28)23(20)16-8-2-1-3-9-16)18-12-11-15-7-4-5-10-17(15)22(18)13-6-14-30(25,26)27/h4-5,7,10,16H,1-3,6,8-9,11-14H2,(H,25,26,27)/p-1. The number of rotatable bonds is 5. The minimum Gasteiger partial charge on any atom is -0.748 e. The topological polar surface area (TPSA) is 80.8 Å². The van der Waals surface area contributed by atoms with Gasteiger partial charge in [0.1, 0.15) is 4.32 Å². The maximum atomic E-state index is 13.4. The summed E-state index contributed by atoms with van der Waals surface area (Å²) in [5.74, 6) is -0.435. The third kappa shape index (κ3) is 4.59. The molecule has 1 saturated carbocycles. The molecule has 0 N–H and O–H groups in total. The highest BCUT2D eigenvalue weighted by atomic mass is 32.2. The molecule has 0 atom stereocenters. The molecule has 1 aromatic carbocycles. The van der Waals surface area contributed by atoms with Crippen LogP contribution in [0, 0.1) is 0 Å². The van der Waals surface area contributed by atoms with Crippen LogP contribution in [0.2, 0.25) is 0 Å². The molecule has 30 heavy (non-hydrogen) atoms. The number of hydrogen-bond acceptors (Lipinski definition) is 7. The van der Waals surface area contributed by atoms with Crippen molar-refractivity contribution in [3.63, 3.8) is 0 Å². The molecule has 1 aromatic rings. The first-order chi connectivity index (χ1) is 14.3. The number of carbonyl (C=O) groups excluding carboxylic acids is 1. The van der Waals surface area contributed by atoms with Crippen molar-refractivity contribution in [2.24, 2.45) is 0 Å². The number of benzene rings is 1. The first kappa shape index (κ1) is 21.8. The summed E-state index contributed by atoms with van der Waals surface area (Å²) >= 11 is 6.96. The third-order valence-corrected chi connectivity index (χ3v) is 8.24. The van der Waals surface area contributed by atoms with Gasteiger partial charge in [0.25, 0.3) is 5.91 Å². The van der Waals surface area contributed by atoms with E-state index in [9.17, 15) is 17.8 Å². The maximum Gasteiger partial charge on any atom is 0.268 e. The summed E-state index contributed by atoms with van der Waals surface area (Å²) in [5.41, 5.74) is 3.03. The van der Waals surface area contributed by atoms with Gasteiger partial charge in [-0.05, 0) is 43.7 Å². The zero-order valence-corrected chi connectivity index (χ0v) is 19.2. The molecule has 6 nitrogen and oxygen atoms in total. The highest BCUT2D eigenvalue weighted by molar-refractivity contribution is 8.26. The second-order valence-corrected chi connectivity index (χ2v) is 11.2. The SMILES string of the molecule is O=C1C(=C2CCc3ccccc3N2CCCS(=O)(=O)[O-])SC(=S)N1C1CCCCC1. The monoisotopic (exact) mass is 465 g/mol. The van der Waals surface area contributed by atoms with Gasteiger partial charge in [-0.15, -0.1) is 0 Å². The molecular formula is C21H25N2O4S3-. The Morgan fingerprint density at radius 1 is 1.13 bits per heavy atom. The predicted molar refractivity (Wildman–Crippen MR) is 122 cm³/mol. The van der Waals surface area contributed by atoms with Gasteiger partial charge < -0.3 is 9.45 Å². The van der Waals surface area contributed by atoms with Gasteiger partial charge in [0.05, 0.1) is 15.0 Å². The van der Waals surface area contributed by atoms with E-state index < -0.39 is 15.9 Å². The molecule has 0 unspecified atom stereocenters. The van der Waals surface area contributed by atoms with Crippen molar-refractivity contribution in [1.82, 2.24) is 4.90 Å². The quantitative estimate of drug-likeness (QED) is 0.372. The van der Waals surface area contributed by atoms with E-state index in [0.717, 1.165) is 49.1 Å². The van der Waals surface area contributed by atoms with Crippen molar-refractivity contribution in [3.05, 3.63) is 40.4 Å². The van der Waals surface area contributed by atoms with Crippen LogP contribution in [0.3, 0.4) is 0 Å². The van der Waals surface area contributed by atoms with Crippen molar-refractivity contribution in [1.29, 1.82) is 0 Å². The van der Waals surface area contributed by atoms with E-state index in [4.69, 9.17) is 12.2 Å². The Hall–Kier alpha value is -1.42. The lowest BCUT2D eigenvalue weighted by atomic mass is 9.94. The van der Waals surface area contributed by atoms with Crippen molar-refractivity contribution >= 4 is 50.0 Å². The number of carbonyl (C=O) groups is 1. The average Bonchev–Trinajstić information content (AvgIpc) is 3.01. The molecule has 2 heterocycles. The molecule has 1 saturated heterocycles. The molecular weight excluding hydrogens is 440 g/mol. The van der Waals surface area contributed by atoms with E-state index in [1.54, 1.807) is 0 Å². The first-order valence-electron chi connectivity index (χ1n) is 10.4. The van der Waals surface area contributed by atoms with Crippen molar-refractivity contribution in [2.45, 2.75) is 57.4 Å². The number of aryl methyl sites for hydroxylation is 1. The molecule has 162 valence electrons. The maximum absolute atomic E-state index is 13.4. The third-order valence-electron chi connectivity index (χ3n) is 6.02. The van der Waals surface area contributed by atoms with Crippen molar-refractivity contribution in [2.75, 3.05) is 17.2 Å². The van der Waals surface area contributed by atoms with Gasteiger partial charge in [-0.3, -0.25) is 9.69 Å². The van der Waals surface area contributed by atoms with Crippen LogP contribution in [0.15, 0.2) is 34.9 Å². The van der Waals surface area contributed by atoms with Crippen LogP contribution in [0.1, 0.15) is 50.5 Å². The fourth-order valence-corrected chi connectivity index (χ4v) is 6.60. The molecule has 0 aromatic heterocycles. The fourth-order valence-electron chi connectivity index (χ4n) is 4.62. The summed E-state index contributed by atoms with van der Waals surface area (Å²) in [4.78, 5) is 17.9. The lowest BCUT2D eigenvalue weighted by molar-refractivity contribution is -0.124. The molecule has 4 rings (SSSR count). The number of amides is 1. The Morgan fingerprint density at radius 2 is 1.87 bits per heavy atom. The van der Waals surface area contributed by atoms with E-state index >= 15 is 0 Å². The summed E-state index contributed by atoms with van der Waals surface area (Å²) < 4.78 is 33.9. The van der Waals surface area contributed by atoms with Crippen LogP contribution in [-0.2, 0) is 21.3 Å². The molecule has 2 fully saturated rings. The summed E-state index contributed by atoms with van der Waals surface area (Å²) in [6.07, 6.45) is 7.15. The Bertz CT molecular complexity index is 984. The van der Waals surface area contributed by atoms with Crippen molar-refractivity contribution < 1.29 is 17.8 Å². The van der Waals surface area contributed by atoms with E-state index in [-0.39, 0.29) is 18.4 Å². The molecule has 3 aliphatic rings. The average molecular weight is 466 g/mol. The summed E-state index contributed by atoms with van der Waals surface area (Å²) in [6, 6.07) is 8.14. The predicted octanol–water partition coefficient (Wildman–Crippen LogP) is 3.78. The highest BCUT2D eigenvalue weighted by Gasteiger charge is 2.40. The number of para-hydroxylation sites is 1. The largest absolute Gasteiger partial charge is 0.748 e. The van der Waals surface area contributed by atoms with E-state index in [0.29, 0.717) is 22.2 Å². The number of fused-ring (bicyclic) bond motifs is 1. The van der Waals surface area contributed by atoms with Gasteiger partial charge in [0.2, 0.25) is 0 Å². The summed E-state index contributed by atoms with van der Waals surface area (Å²) in [6.45, 7) is 0.376. The van der Waals surface area contributed by atoms with E-state index in [2.05, 4.69) is 6.07 Å². The Morgan fingerprint density at radius 3 is 2.60 bits per heavy atom. The number of allylic oxidation sites excluding steroid dienone is 1. The lowest BCUT2D eigenvalue weighted by Crippen LogP contribution is -2.40. The molecule has 1 amide bonds. The first-order valence-corrected chi connectivity index (χ1v) is 13.2. The normalized spacial score (nSPS) is 23.2. The minimum absolute atomic E-state index is 0.0206. The van der Waals surface area contributed by atoms with Crippen LogP contribution < -0.4 is 4.90 Å². The van der Waals surface area contributed by atoms with Crippen LogP contribution in [0.4, 0.5) is 5.69 Å². The van der Waals surface area contributed by atoms with Crippen LogP contribution >= 0.6 is 24.0 Å². The minimum atomic E-state index is -4.28. The second kappa shape index (κ2) is 8.98. The van der Waals surface area contributed by atoms with E-state index in [1.165, 1.54) is 18.2 Å². The van der Waals surface area contributed by atoms with Gasteiger partial charge in [0, 0.05) is 29.7 Å². The summed E-state index contributed by atoms with van der Waals surface area (Å²) in [7, 11) is -4.28. The van der Waals surface area contributed by atoms with Gasteiger partial charge in [0.15, 0.2) is 0 Å². The van der Waals surface area contributed by atoms with E-state index in [1.807, 2.05) is 28.0 Å². The van der Waals surface area contributed by atoms with Crippen LogP contribution in [0.25, 0.3) is 0 Å². The van der Waals surface area contributed by atoms with Gasteiger partial charge in [-0.1, -0.05) is 61.4 Å². The Kier molecular flexibility index (Phi) is 6.53.